The molecule has 0 unspecified atom stereocenters. The van der Waals surface area contributed by atoms with E-state index in [1.165, 1.54) is 16.5 Å². The number of hydrogen-bond acceptors (Lipinski definition) is 7. The quantitative estimate of drug-likeness (QED) is 0.463. The van der Waals surface area contributed by atoms with Crippen LogP contribution in [0.25, 0.3) is 21.9 Å². The van der Waals surface area contributed by atoms with Gasteiger partial charge in [0.1, 0.15) is 5.82 Å². The number of carboxylic acid groups (broad SMARTS) is 1. The van der Waals surface area contributed by atoms with E-state index in [-0.39, 0.29) is 5.95 Å². The van der Waals surface area contributed by atoms with Crippen LogP contribution in [0.1, 0.15) is 18.1 Å². The topological polar surface area (TPSA) is 126 Å². The van der Waals surface area contributed by atoms with Gasteiger partial charge in [0.05, 0.1) is 6.54 Å². The summed E-state index contributed by atoms with van der Waals surface area (Å²) in [4.78, 5) is 25.9. The Kier molecular flexibility index (Phi) is 5.53. The number of carboxylic acids is 1. The molecule has 0 aliphatic carbocycles. The highest BCUT2D eigenvalue weighted by molar-refractivity contribution is 6.00. The number of nitrogen functional groups attached to an aromatic ring is 1. The first-order chi connectivity index (χ1) is 15.0. The number of aliphatic imine (C=N–C) groups is 1. The molecule has 2 aromatic carbocycles. The minimum atomic E-state index is -0.833. The molecule has 8 heteroatoms. The third-order valence-corrected chi connectivity index (χ3v) is 4.68. The molecule has 4 aromatic rings. The maximum Gasteiger partial charge on any atom is 0.300 e. The van der Waals surface area contributed by atoms with Gasteiger partial charge in [-0.3, -0.25) is 14.8 Å². The molecule has 8 nitrogen and oxygen atoms in total. The minimum Gasteiger partial charge on any atom is -0.481 e. The molecular weight excluding hydrogens is 392 g/mol. The Labute approximate surface area is 178 Å². The Bertz CT molecular complexity index is 1290. The molecule has 3 heterocycles. The monoisotopic (exact) mass is 412 g/mol. The molecule has 2 aromatic heterocycles. The van der Waals surface area contributed by atoms with E-state index in [1.807, 2.05) is 18.6 Å². The predicted molar refractivity (Wildman–Crippen MR) is 122 cm³/mol. The highest BCUT2D eigenvalue weighted by atomic mass is 16.4. The molecule has 0 saturated heterocycles. The summed E-state index contributed by atoms with van der Waals surface area (Å²) in [5.74, 6) is 0.0648. The number of pyridine rings is 1. The van der Waals surface area contributed by atoms with E-state index in [2.05, 4.69) is 61.7 Å². The van der Waals surface area contributed by atoms with E-state index < -0.39 is 5.97 Å². The normalized spacial score (nSPS) is 11.5. The van der Waals surface area contributed by atoms with E-state index >= 15 is 0 Å². The van der Waals surface area contributed by atoms with E-state index in [4.69, 9.17) is 15.6 Å². The Morgan fingerprint density at radius 2 is 1.97 bits per heavy atom. The van der Waals surface area contributed by atoms with Gasteiger partial charge in [0, 0.05) is 48.4 Å². The zero-order chi connectivity index (χ0) is 21.8. The lowest BCUT2D eigenvalue weighted by Gasteiger charge is -2.14. The van der Waals surface area contributed by atoms with Crippen LogP contribution in [0.3, 0.4) is 0 Å². The lowest BCUT2D eigenvalue weighted by Crippen LogP contribution is -2.00. The number of anilines is 3. The van der Waals surface area contributed by atoms with Gasteiger partial charge in [0.15, 0.2) is 0 Å². The number of benzene rings is 2. The van der Waals surface area contributed by atoms with E-state index in [9.17, 15) is 0 Å². The number of nitrogens with one attached hydrogen (secondary N) is 1. The first kappa shape index (κ1) is 20.0. The molecule has 0 spiro atoms. The lowest BCUT2D eigenvalue weighted by atomic mass is 9.93. The first-order valence-electron chi connectivity index (χ1n) is 9.56. The second-order valence-corrected chi connectivity index (χ2v) is 6.91. The Balaban J connectivity index is 0.000000535. The third-order valence-electron chi connectivity index (χ3n) is 4.68. The van der Waals surface area contributed by atoms with Gasteiger partial charge in [0.25, 0.3) is 5.97 Å². The smallest absolute Gasteiger partial charge is 0.300 e. The number of nitrogens with zero attached hydrogens (tertiary/aromatic N) is 4. The molecule has 0 amide bonds. The number of carbonyl (C=O) groups is 1. The van der Waals surface area contributed by atoms with Gasteiger partial charge in [-0.05, 0) is 46.3 Å². The fourth-order valence-electron chi connectivity index (χ4n) is 3.48. The number of fused-ring (bicyclic) bond motifs is 2. The van der Waals surface area contributed by atoms with Crippen molar-refractivity contribution in [2.45, 2.75) is 13.5 Å². The zero-order valence-corrected chi connectivity index (χ0v) is 16.8. The SMILES string of the molecule is CC(=O)O.Nc1nccc(Nc2cc3c(c(-c4cccc5cnccc45)c2)CN=C3)n1. The summed E-state index contributed by atoms with van der Waals surface area (Å²) in [6.07, 6.45) is 7.28. The maximum atomic E-state index is 9.00. The van der Waals surface area contributed by atoms with E-state index in [0.29, 0.717) is 12.4 Å². The summed E-state index contributed by atoms with van der Waals surface area (Å²) in [6, 6.07) is 14.4. The average Bonchev–Trinajstić information content (AvgIpc) is 3.21. The zero-order valence-electron chi connectivity index (χ0n) is 16.8. The number of hydrogen-bond donors (Lipinski definition) is 3. The maximum absolute atomic E-state index is 9.00. The number of aliphatic carboxylic acids is 1. The molecule has 1 aliphatic heterocycles. The van der Waals surface area contributed by atoms with Crippen molar-refractivity contribution >= 4 is 40.4 Å². The van der Waals surface area contributed by atoms with Crippen LogP contribution >= 0.6 is 0 Å². The average molecular weight is 412 g/mol. The van der Waals surface area contributed by atoms with E-state index in [0.717, 1.165) is 29.1 Å². The van der Waals surface area contributed by atoms with Gasteiger partial charge in [0.2, 0.25) is 5.95 Å². The van der Waals surface area contributed by atoms with Crippen LogP contribution in [0.5, 0.6) is 0 Å². The molecule has 0 fully saturated rings. The van der Waals surface area contributed by atoms with Crippen molar-refractivity contribution < 1.29 is 9.90 Å². The van der Waals surface area contributed by atoms with Crippen molar-refractivity contribution in [1.82, 2.24) is 15.0 Å². The van der Waals surface area contributed by atoms with Gasteiger partial charge in [-0.2, -0.15) is 4.98 Å². The molecule has 0 bridgehead atoms. The Morgan fingerprint density at radius 3 is 2.77 bits per heavy atom. The van der Waals surface area contributed by atoms with Crippen molar-refractivity contribution in [3.63, 3.8) is 0 Å². The molecular formula is C23H20N6O2. The molecule has 31 heavy (non-hydrogen) atoms. The summed E-state index contributed by atoms with van der Waals surface area (Å²) < 4.78 is 0. The van der Waals surface area contributed by atoms with Crippen molar-refractivity contribution in [2.75, 3.05) is 11.1 Å². The highest BCUT2D eigenvalue weighted by Gasteiger charge is 2.16. The molecule has 5 rings (SSSR count). The van der Waals surface area contributed by atoms with Crippen LogP contribution in [0.2, 0.25) is 0 Å². The van der Waals surface area contributed by atoms with E-state index in [1.54, 1.807) is 12.3 Å². The fraction of sp³-hybridized carbons (Fsp3) is 0.0870. The number of nitrogens with two attached hydrogens (primary N) is 1. The summed E-state index contributed by atoms with van der Waals surface area (Å²) in [5.41, 5.74) is 11.3. The Hall–Kier alpha value is -4.33. The first-order valence-corrected chi connectivity index (χ1v) is 9.56. The lowest BCUT2D eigenvalue weighted by molar-refractivity contribution is -0.134. The molecule has 0 saturated carbocycles. The van der Waals surface area contributed by atoms with Crippen LogP contribution in [0.4, 0.5) is 17.5 Å². The molecule has 154 valence electrons. The molecule has 0 radical (unpaired) electrons. The second-order valence-electron chi connectivity index (χ2n) is 6.91. The van der Waals surface area contributed by atoms with Gasteiger partial charge < -0.3 is 16.2 Å². The van der Waals surface area contributed by atoms with Crippen molar-refractivity contribution in [3.05, 3.63) is 72.2 Å². The minimum absolute atomic E-state index is 0.240. The second kappa shape index (κ2) is 8.58. The van der Waals surface area contributed by atoms with Gasteiger partial charge in [-0.1, -0.05) is 18.2 Å². The molecule has 1 aliphatic rings. The Morgan fingerprint density at radius 1 is 1.13 bits per heavy atom. The number of rotatable bonds is 3. The summed E-state index contributed by atoms with van der Waals surface area (Å²) in [5, 5.41) is 13.0. The van der Waals surface area contributed by atoms with Crippen molar-refractivity contribution in [2.24, 2.45) is 4.99 Å². The summed E-state index contributed by atoms with van der Waals surface area (Å²) in [6.45, 7) is 1.77. The van der Waals surface area contributed by atoms with Crippen LogP contribution in [0, 0.1) is 0 Å². The predicted octanol–water partition coefficient (Wildman–Crippen LogP) is 4.04. The highest BCUT2D eigenvalue weighted by Crippen LogP contribution is 2.36. The van der Waals surface area contributed by atoms with Gasteiger partial charge >= 0.3 is 0 Å². The third kappa shape index (κ3) is 4.48. The van der Waals surface area contributed by atoms with Crippen molar-refractivity contribution in [1.29, 1.82) is 0 Å². The van der Waals surface area contributed by atoms with Crippen LogP contribution in [-0.4, -0.2) is 32.2 Å². The van der Waals surface area contributed by atoms with Gasteiger partial charge in [-0.25, -0.2) is 4.98 Å². The van der Waals surface area contributed by atoms with Crippen LogP contribution in [0.15, 0.2) is 66.0 Å². The summed E-state index contributed by atoms with van der Waals surface area (Å²) >= 11 is 0. The van der Waals surface area contributed by atoms with Crippen LogP contribution < -0.4 is 11.1 Å². The standard InChI is InChI=1S/C21H16N6.C2H4O2/c22-21-25-7-5-20(27-21)26-15-8-14-11-24-12-19(14)18(9-15)17-3-1-2-13-10-23-6-4-16(13)17;1-2(3)4/h1-11H,12H2,(H3,22,25,26,27);1H3,(H,3,4). The largest absolute Gasteiger partial charge is 0.481 e. The van der Waals surface area contributed by atoms with Crippen molar-refractivity contribution in [3.8, 4) is 11.1 Å². The fourth-order valence-corrected chi connectivity index (χ4v) is 3.48. The number of aromatic nitrogens is 3. The molecule has 0 atom stereocenters. The van der Waals surface area contributed by atoms with Crippen LogP contribution in [-0.2, 0) is 11.3 Å². The molecule has 4 N–H and O–H groups in total. The summed E-state index contributed by atoms with van der Waals surface area (Å²) in [7, 11) is 0. The van der Waals surface area contributed by atoms with Gasteiger partial charge in [-0.15, -0.1) is 0 Å².